The lowest BCUT2D eigenvalue weighted by Gasteiger charge is -2.40. The van der Waals surface area contributed by atoms with Crippen LogP contribution in [0.2, 0.25) is 0 Å². The van der Waals surface area contributed by atoms with Gasteiger partial charge in [0, 0.05) is 6.61 Å². The van der Waals surface area contributed by atoms with E-state index in [-0.39, 0.29) is 5.41 Å². The number of rotatable bonds is 2. The number of allylic oxidation sites excluding steroid dienone is 1. The second kappa shape index (κ2) is 3.61. The van der Waals surface area contributed by atoms with Gasteiger partial charge < -0.3 is 5.11 Å². The fourth-order valence-electron chi connectivity index (χ4n) is 2.19. The normalized spacial score (nSPS) is 28.9. The van der Waals surface area contributed by atoms with Crippen molar-refractivity contribution in [1.82, 2.24) is 0 Å². The molecular weight excluding hydrogens is 148 g/mol. The van der Waals surface area contributed by atoms with Crippen molar-refractivity contribution in [1.29, 1.82) is 0 Å². The maximum Gasteiger partial charge on any atom is 0.0433 e. The van der Waals surface area contributed by atoms with Crippen molar-refractivity contribution in [3.8, 4) is 0 Å². The molecule has 0 aromatic carbocycles. The van der Waals surface area contributed by atoms with Crippen LogP contribution in [0, 0.1) is 11.3 Å². The number of hydrogen-bond donors (Lipinski definition) is 1. The molecule has 1 N–H and O–H groups in total. The van der Waals surface area contributed by atoms with E-state index < -0.39 is 0 Å². The summed E-state index contributed by atoms with van der Waals surface area (Å²) in [6.07, 6.45) is 4.63. The molecule has 1 heteroatoms. The molecule has 0 unspecified atom stereocenters. The first-order valence-electron chi connectivity index (χ1n) is 4.88. The predicted molar refractivity (Wildman–Crippen MR) is 52.0 cm³/mol. The van der Waals surface area contributed by atoms with Crippen LogP contribution in [0.1, 0.15) is 39.5 Å². The maximum absolute atomic E-state index is 8.91. The van der Waals surface area contributed by atoms with Gasteiger partial charge in [-0.25, -0.2) is 0 Å². The van der Waals surface area contributed by atoms with Gasteiger partial charge >= 0.3 is 0 Å². The molecule has 1 saturated carbocycles. The Bertz CT molecular complexity index is 168. The van der Waals surface area contributed by atoms with Gasteiger partial charge in [0.1, 0.15) is 0 Å². The van der Waals surface area contributed by atoms with Crippen molar-refractivity contribution in [2.75, 3.05) is 6.61 Å². The van der Waals surface area contributed by atoms with E-state index >= 15 is 0 Å². The van der Waals surface area contributed by atoms with Crippen molar-refractivity contribution >= 4 is 0 Å². The summed E-state index contributed by atoms with van der Waals surface area (Å²) in [4.78, 5) is 0. The van der Waals surface area contributed by atoms with Gasteiger partial charge in [0.05, 0.1) is 0 Å². The minimum absolute atomic E-state index is 0.251. The van der Waals surface area contributed by atoms with Crippen LogP contribution in [0.4, 0.5) is 0 Å². The Morgan fingerprint density at radius 1 is 1.58 bits per heavy atom. The highest BCUT2D eigenvalue weighted by atomic mass is 16.3. The third-order valence-electron chi connectivity index (χ3n) is 3.44. The molecule has 1 atom stereocenters. The van der Waals surface area contributed by atoms with Crippen molar-refractivity contribution in [2.24, 2.45) is 11.3 Å². The summed E-state index contributed by atoms with van der Waals surface area (Å²) in [7, 11) is 0. The molecule has 0 aromatic heterocycles. The minimum atomic E-state index is 0.251. The molecule has 0 aromatic rings. The van der Waals surface area contributed by atoms with E-state index in [1.165, 1.54) is 24.8 Å². The quantitative estimate of drug-likeness (QED) is 0.629. The molecule has 0 amide bonds. The first-order chi connectivity index (χ1) is 5.59. The van der Waals surface area contributed by atoms with Crippen LogP contribution >= 0.6 is 0 Å². The van der Waals surface area contributed by atoms with Crippen LogP contribution in [0.3, 0.4) is 0 Å². The van der Waals surface area contributed by atoms with Gasteiger partial charge in [-0.05, 0) is 37.0 Å². The van der Waals surface area contributed by atoms with Gasteiger partial charge in [-0.2, -0.15) is 0 Å². The minimum Gasteiger partial charge on any atom is -0.396 e. The Labute approximate surface area is 75.5 Å². The second-order valence-corrected chi connectivity index (χ2v) is 4.43. The molecular formula is C11H20O. The van der Waals surface area contributed by atoms with E-state index in [1.54, 1.807) is 0 Å². The molecule has 70 valence electrons. The molecule has 1 rings (SSSR count). The molecule has 1 aliphatic rings. The summed E-state index contributed by atoms with van der Waals surface area (Å²) in [6.45, 7) is 8.96. The highest BCUT2D eigenvalue weighted by molar-refractivity contribution is 5.12. The average Bonchev–Trinajstić information content (AvgIpc) is 2.00. The lowest BCUT2D eigenvalue weighted by molar-refractivity contribution is 0.154. The van der Waals surface area contributed by atoms with Gasteiger partial charge in [0.15, 0.2) is 0 Å². The lowest BCUT2D eigenvalue weighted by atomic mass is 9.65. The van der Waals surface area contributed by atoms with E-state index in [0.29, 0.717) is 12.5 Å². The van der Waals surface area contributed by atoms with E-state index in [2.05, 4.69) is 20.4 Å². The predicted octanol–water partition coefficient (Wildman–Crippen LogP) is 2.75. The topological polar surface area (TPSA) is 20.2 Å². The molecule has 0 saturated heterocycles. The Hall–Kier alpha value is -0.300. The van der Waals surface area contributed by atoms with E-state index in [4.69, 9.17) is 5.11 Å². The SMILES string of the molecule is C=C1CCC[C@H](CCO)C1(C)C. The largest absolute Gasteiger partial charge is 0.396 e. The fourth-order valence-corrected chi connectivity index (χ4v) is 2.19. The van der Waals surface area contributed by atoms with Crippen molar-refractivity contribution in [3.63, 3.8) is 0 Å². The lowest BCUT2D eigenvalue weighted by Crippen LogP contribution is -2.30. The Morgan fingerprint density at radius 3 is 2.83 bits per heavy atom. The number of hydrogen-bond acceptors (Lipinski definition) is 1. The number of aliphatic hydroxyl groups is 1. The van der Waals surface area contributed by atoms with Gasteiger partial charge in [0.25, 0.3) is 0 Å². The van der Waals surface area contributed by atoms with Crippen LogP contribution in [-0.4, -0.2) is 11.7 Å². The third kappa shape index (κ3) is 1.71. The molecule has 0 bridgehead atoms. The third-order valence-corrected chi connectivity index (χ3v) is 3.44. The van der Waals surface area contributed by atoms with Gasteiger partial charge in [0.2, 0.25) is 0 Å². The van der Waals surface area contributed by atoms with Gasteiger partial charge in [-0.3, -0.25) is 0 Å². The Balaban J connectivity index is 2.65. The summed E-state index contributed by atoms with van der Waals surface area (Å²) in [5, 5.41) is 8.91. The van der Waals surface area contributed by atoms with Crippen LogP contribution in [0.15, 0.2) is 12.2 Å². The standard InChI is InChI=1S/C11H20O/c1-9-5-4-6-10(7-8-12)11(9,2)3/h10,12H,1,4-8H2,2-3H3/t10-/m1/s1. The monoisotopic (exact) mass is 168 g/mol. The Morgan fingerprint density at radius 2 is 2.25 bits per heavy atom. The van der Waals surface area contributed by atoms with Gasteiger partial charge in [-0.1, -0.05) is 26.0 Å². The highest BCUT2D eigenvalue weighted by Crippen LogP contribution is 2.45. The van der Waals surface area contributed by atoms with Crippen LogP contribution in [0.5, 0.6) is 0 Å². The molecule has 1 aliphatic carbocycles. The smallest absolute Gasteiger partial charge is 0.0433 e. The average molecular weight is 168 g/mol. The summed E-state index contributed by atoms with van der Waals surface area (Å²) in [5.41, 5.74) is 1.62. The van der Waals surface area contributed by atoms with Crippen molar-refractivity contribution in [3.05, 3.63) is 12.2 Å². The van der Waals surface area contributed by atoms with Crippen molar-refractivity contribution in [2.45, 2.75) is 39.5 Å². The van der Waals surface area contributed by atoms with Crippen LogP contribution < -0.4 is 0 Å². The molecule has 0 heterocycles. The second-order valence-electron chi connectivity index (χ2n) is 4.43. The molecule has 0 radical (unpaired) electrons. The van der Waals surface area contributed by atoms with E-state index in [0.717, 1.165) is 6.42 Å². The zero-order valence-corrected chi connectivity index (χ0v) is 8.27. The molecule has 1 nitrogen and oxygen atoms in total. The van der Waals surface area contributed by atoms with Crippen molar-refractivity contribution < 1.29 is 5.11 Å². The first kappa shape index (κ1) is 9.79. The van der Waals surface area contributed by atoms with Crippen LogP contribution in [0.25, 0.3) is 0 Å². The van der Waals surface area contributed by atoms with Gasteiger partial charge in [-0.15, -0.1) is 0 Å². The molecule has 0 spiro atoms. The molecule has 12 heavy (non-hydrogen) atoms. The fraction of sp³-hybridized carbons (Fsp3) is 0.818. The summed E-state index contributed by atoms with van der Waals surface area (Å²) >= 11 is 0. The Kier molecular flexibility index (Phi) is 2.94. The summed E-state index contributed by atoms with van der Waals surface area (Å²) in [5.74, 6) is 0.642. The summed E-state index contributed by atoms with van der Waals surface area (Å²) in [6, 6.07) is 0. The maximum atomic E-state index is 8.91. The summed E-state index contributed by atoms with van der Waals surface area (Å²) < 4.78 is 0. The highest BCUT2D eigenvalue weighted by Gasteiger charge is 2.34. The zero-order chi connectivity index (χ0) is 9.19. The van der Waals surface area contributed by atoms with E-state index in [9.17, 15) is 0 Å². The first-order valence-corrected chi connectivity index (χ1v) is 4.88. The molecule has 1 fully saturated rings. The molecule has 0 aliphatic heterocycles. The van der Waals surface area contributed by atoms with Crippen LogP contribution in [-0.2, 0) is 0 Å². The number of aliphatic hydroxyl groups excluding tert-OH is 1. The zero-order valence-electron chi connectivity index (χ0n) is 8.27. The van der Waals surface area contributed by atoms with E-state index in [1.807, 2.05) is 0 Å².